The fraction of sp³-hybridized carbons (Fsp3) is 0.370. The van der Waals surface area contributed by atoms with E-state index in [4.69, 9.17) is 6.42 Å². The molecule has 0 aromatic heterocycles. The van der Waals surface area contributed by atoms with E-state index >= 15 is 0 Å². The molecule has 3 amide bonds. The molecule has 0 saturated carbocycles. The molecular weight excluding hydrogens is 464 g/mol. The van der Waals surface area contributed by atoms with Crippen molar-refractivity contribution in [1.82, 2.24) is 20.9 Å². The Morgan fingerprint density at radius 3 is 2.11 bits per heavy atom. The maximum Gasteiger partial charge on any atom is 0.246 e. The number of hydrogen-bond acceptors (Lipinski definition) is 4. The van der Waals surface area contributed by atoms with Gasteiger partial charge in [0.05, 0.1) is 12.1 Å². The first-order chi connectivity index (χ1) is 16.5. The fourth-order valence-corrected chi connectivity index (χ4v) is 4.14. The Hall–Kier alpha value is -3.34. The van der Waals surface area contributed by atoms with Gasteiger partial charge in [0.15, 0.2) is 0 Å². The molecule has 1 heterocycles. The standard InChI is InChI=1S/C27H32N4O3.ClH/c1-4-12-22(29-25(32)19(2)28-3)27(34)31-18-11-17-23(31)26(33)30-24(20-13-7-5-8-14-20)21-15-9-6-10-16-21;/h1,5-10,13-16,19,22-24,28H,11-12,17-18H2,2-3H3,(H,29,32)(H,30,33);1H/t19-,22-,23-;/m0./s1. The van der Waals surface area contributed by atoms with Gasteiger partial charge in [-0.25, -0.2) is 0 Å². The van der Waals surface area contributed by atoms with Gasteiger partial charge in [0.1, 0.15) is 12.1 Å². The molecule has 1 fully saturated rings. The number of benzene rings is 2. The summed E-state index contributed by atoms with van der Waals surface area (Å²) in [4.78, 5) is 40.7. The molecule has 0 unspecified atom stereocenters. The van der Waals surface area contributed by atoms with Gasteiger partial charge in [-0.15, -0.1) is 24.8 Å². The summed E-state index contributed by atoms with van der Waals surface area (Å²) >= 11 is 0. The number of carbonyl (C=O) groups is 3. The predicted molar refractivity (Wildman–Crippen MR) is 139 cm³/mol. The van der Waals surface area contributed by atoms with E-state index in [0.717, 1.165) is 11.1 Å². The molecule has 3 rings (SSSR count). The highest BCUT2D eigenvalue weighted by Gasteiger charge is 2.38. The van der Waals surface area contributed by atoms with E-state index in [0.29, 0.717) is 19.4 Å². The molecule has 35 heavy (non-hydrogen) atoms. The van der Waals surface area contributed by atoms with Crippen molar-refractivity contribution in [3.05, 3.63) is 71.8 Å². The van der Waals surface area contributed by atoms with Crippen LogP contribution < -0.4 is 16.0 Å². The fourth-order valence-electron chi connectivity index (χ4n) is 4.14. The van der Waals surface area contributed by atoms with Crippen LogP contribution in [0, 0.1) is 12.3 Å². The molecule has 186 valence electrons. The minimum absolute atomic E-state index is 0. The second-order valence-corrected chi connectivity index (χ2v) is 8.43. The van der Waals surface area contributed by atoms with Gasteiger partial charge in [-0.05, 0) is 37.9 Å². The van der Waals surface area contributed by atoms with E-state index < -0.39 is 18.1 Å². The van der Waals surface area contributed by atoms with Crippen LogP contribution in [0.3, 0.4) is 0 Å². The van der Waals surface area contributed by atoms with Gasteiger partial charge in [0.2, 0.25) is 17.7 Å². The Labute approximate surface area is 213 Å². The first kappa shape index (κ1) is 27.9. The van der Waals surface area contributed by atoms with Gasteiger partial charge < -0.3 is 20.9 Å². The highest BCUT2D eigenvalue weighted by Crippen LogP contribution is 2.25. The molecule has 0 aliphatic carbocycles. The van der Waals surface area contributed by atoms with E-state index in [1.165, 1.54) is 0 Å². The molecule has 0 spiro atoms. The second-order valence-electron chi connectivity index (χ2n) is 8.43. The summed E-state index contributed by atoms with van der Waals surface area (Å²) in [5, 5.41) is 8.72. The molecule has 3 N–H and O–H groups in total. The molecule has 2 aromatic carbocycles. The summed E-state index contributed by atoms with van der Waals surface area (Å²) in [6, 6.07) is 17.2. The molecule has 7 nitrogen and oxygen atoms in total. The molecule has 8 heteroatoms. The van der Waals surface area contributed by atoms with Crippen LogP contribution in [-0.2, 0) is 14.4 Å². The van der Waals surface area contributed by atoms with Crippen molar-refractivity contribution in [3.63, 3.8) is 0 Å². The quantitative estimate of drug-likeness (QED) is 0.465. The van der Waals surface area contributed by atoms with E-state index in [2.05, 4.69) is 21.9 Å². The molecule has 2 aromatic rings. The van der Waals surface area contributed by atoms with Crippen LogP contribution in [0.15, 0.2) is 60.7 Å². The smallest absolute Gasteiger partial charge is 0.246 e. The third-order valence-electron chi connectivity index (χ3n) is 6.15. The Bertz CT molecular complexity index is 986. The van der Waals surface area contributed by atoms with Gasteiger partial charge in [0.25, 0.3) is 0 Å². The van der Waals surface area contributed by atoms with E-state index in [1.54, 1.807) is 18.9 Å². The maximum atomic E-state index is 13.4. The molecule has 1 aliphatic rings. The first-order valence-corrected chi connectivity index (χ1v) is 11.6. The zero-order valence-electron chi connectivity index (χ0n) is 20.1. The average molecular weight is 497 g/mol. The van der Waals surface area contributed by atoms with Crippen molar-refractivity contribution < 1.29 is 14.4 Å². The van der Waals surface area contributed by atoms with Crippen LogP contribution in [-0.4, -0.2) is 54.3 Å². The Morgan fingerprint density at radius 1 is 1.03 bits per heavy atom. The summed E-state index contributed by atoms with van der Waals surface area (Å²) in [5.74, 6) is 1.60. The van der Waals surface area contributed by atoms with Crippen molar-refractivity contribution in [2.75, 3.05) is 13.6 Å². The van der Waals surface area contributed by atoms with Gasteiger partial charge in [-0.2, -0.15) is 0 Å². The van der Waals surface area contributed by atoms with Gasteiger partial charge >= 0.3 is 0 Å². The monoisotopic (exact) mass is 496 g/mol. The normalized spacial score (nSPS) is 16.5. The summed E-state index contributed by atoms with van der Waals surface area (Å²) in [6.45, 7) is 2.14. The lowest BCUT2D eigenvalue weighted by Gasteiger charge is -2.30. The lowest BCUT2D eigenvalue weighted by molar-refractivity contribution is -0.141. The third-order valence-corrected chi connectivity index (χ3v) is 6.15. The minimum Gasteiger partial charge on any atom is -0.343 e. The first-order valence-electron chi connectivity index (χ1n) is 11.6. The number of rotatable bonds is 9. The number of likely N-dealkylation sites (N-methyl/N-ethyl adjacent to an activating group) is 1. The lowest BCUT2D eigenvalue weighted by atomic mass is 9.98. The van der Waals surface area contributed by atoms with Crippen LogP contribution in [0.4, 0.5) is 0 Å². The molecule has 1 aliphatic heterocycles. The Kier molecular flexibility index (Phi) is 10.8. The van der Waals surface area contributed by atoms with E-state index in [1.807, 2.05) is 60.7 Å². The van der Waals surface area contributed by atoms with E-state index in [9.17, 15) is 14.4 Å². The highest BCUT2D eigenvalue weighted by molar-refractivity contribution is 5.93. The van der Waals surface area contributed by atoms with Crippen LogP contribution in [0.2, 0.25) is 0 Å². The van der Waals surface area contributed by atoms with Crippen LogP contribution in [0.5, 0.6) is 0 Å². The third kappa shape index (κ3) is 7.08. The Balaban J connectivity index is 0.00000432. The summed E-state index contributed by atoms with van der Waals surface area (Å²) in [7, 11) is 1.67. The van der Waals surface area contributed by atoms with Crippen molar-refractivity contribution in [3.8, 4) is 12.3 Å². The minimum atomic E-state index is -0.874. The average Bonchev–Trinajstić information content (AvgIpc) is 3.37. The number of carbonyl (C=O) groups excluding carboxylic acids is 3. The van der Waals surface area contributed by atoms with Crippen molar-refractivity contribution in [2.45, 2.75) is 50.4 Å². The highest BCUT2D eigenvalue weighted by atomic mass is 35.5. The van der Waals surface area contributed by atoms with Crippen molar-refractivity contribution in [1.29, 1.82) is 0 Å². The summed E-state index contributed by atoms with van der Waals surface area (Å²) < 4.78 is 0. The molecule has 1 saturated heterocycles. The van der Waals surface area contributed by atoms with E-state index in [-0.39, 0.29) is 42.6 Å². The molecule has 0 radical (unpaired) electrons. The van der Waals surface area contributed by atoms with Crippen molar-refractivity contribution >= 4 is 30.1 Å². The van der Waals surface area contributed by atoms with Crippen LogP contribution in [0.25, 0.3) is 0 Å². The summed E-state index contributed by atoms with van der Waals surface area (Å²) in [6.07, 6.45) is 6.79. The lowest BCUT2D eigenvalue weighted by Crippen LogP contribution is -2.55. The zero-order valence-corrected chi connectivity index (χ0v) is 20.9. The number of likely N-dealkylation sites (tertiary alicyclic amines) is 1. The maximum absolute atomic E-state index is 13.4. The topological polar surface area (TPSA) is 90.5 Å². The SMILES string of the molecule is C#CC[C@H](NC(=O)[C@H](C)NC)C(=O)N1CCC[C@H]1C(=O)NC(c1ccccc1)c1ccccc1.Cl. The number of amides is 3. The molecular formula is C27H33ClN4O3. The number of hydrogen-bond donors (Lipinski definition) is 3. The van der Waals surface area contributed by atoms with Crippen LogP contribution >= 0.6 is 12.4 Å². The number of terminal acetylenes is 1. The second kappa shape index (κ2) is 13.5. The zero-order chi connectivity index (χ0) is 24.5. The van der Waals surface area contributed by atoms with Gasteiger partial charge in [-0.3, -0.25) is 14.4 Å². The van der Waals surface area contributed by atoms with Crippen LogP contribution in [0.1, 0.15) is 43.4 Å². The molecule has 3 atom stereocenters. The van der Waals surface area contributed by atoms with Gasteiger partial charge in [0, 0.05) is 13.0 Å². The predicted octanol–water partition coefficient (Wildman–Crippen LogP) is 2.42. The molecule has 0 bridgehead atoms. The number of halogens is 1. The Morgan fingerprint density at radius 2 is 1.60 bits per heavy atom. The number of nitrogens with zero attached hydrogens (tertiary/aromatic N) is 1. The van der Waals surface area contributed by atoms with Crippen molar-refractivity contribution in [2.24, 2.45) is 0 Å². The number of nitrogens with one attached hydrogen (secondary N) is 3. The largest absolute Gasteiger partial charge is 0.343 e. The van der Waals surface area contributed by atoms with Gasteiger partial charge in [-0.1, -0.05) is 60.7 Å². The summed E-state index contributed by atoms with van der Waals surface area (Å²) in [5.41, 5.74) is 1.91.